The Labute approximate surface area is 241 Å². The predicted octanol–water partition coefficient (Wildman–Crippen LogP) is 4.34. The second-order valence-electron chi connectivity index (χ2n) is 9.82. The summed E-state index contributed by atoms with van der Waals surface area (Å²) >= 11 is 0. The molecule has 1 aliphatic rings. The monoisotopic (exact) mass is 577 g/mol. The average molecular weight is 578 g/mol. The molecule has 0 bridgehead atoms. The van der Waals surface area contributed by atoms with Gasteiger partial charge in [0.15, 0.2) is 0 Å². The molecule has 10 heteroatoms. The molecule has 0 spiro atoms. The lowest BCUT2D eigenvalue weighted by Gasteiger charge is -2.34. The minimum absolute atomic E-state index is 0.0338. The highest BCUT2D eigenvalue weighted by Crippen LogP contribution is 2.36. The largest absolute Gasteiger partial charge is 0.497 e. The van der Waals surface area contributed by atoms with Crippen LogP contribution in [0.2, 0.25) is 0 Å². The number of ether oxygens (including phenoxy) is 2. The number of carbonyl (C=O) groups excluding carboxylic acids is 2. The zero-order valence-electron chi connectivity index (χ0n) is 23.6. The molecule has 1 atom stereocenters. The number of benzene rings is 3. The lowest BCUT2D eigenvalue weighted by molar-refractivity contribution is -0.131. The summed E-state index contributed by atoms with van der Waals surface area (Å²) in [6.07, 6.45) is 5.63. The summed E-state index contributed by atoms with van der Waals surface area (Å²) in [5, 5.41) is 2.48. The molecular formula is C31H35N3O6S. The van der Waals surface area contributed by atoms with Crippen molar-refractivity contribution in [1.29, 1.82) is 0 Å². The van der Waals surface area contributed by atoms with E-state index in [2.05, 4.69) is 10.0 Å². The summed E-state index contributed by atoms with van der Waals surface area (Å²) in [4.78, 5) is 26.6. The third-order valence-corrected chi connectivity index (χ3v) is 8.58. The lowest BCUT2D eigenvalue weighted by atomic mass is 9.86. The Morgan fingerprint density at radius 2 is 1.85 bits per heavy atom. The van der Waals surface area contributed by atoms with Crippen LogP contribution in [-0.2, 0) is 32.5 Å². The standard InChI is InChI=1S/C31H35N3O6S/c1-32-30(35)16-12-21-11-15-28(40-4)29(18-21)41(37,38)33-24-14-13-23-8-6-10-27(26(23)20-24)34(2)31(36)19-22-7-5-9-25(17-22)39-3/h5,7,9,11-18,20,27,33H,6,8,10,19H2,1-4H3,(H,32,35)/b16-12+. The Bertz CT molecular complexity index is 1570. The number of rotatable bonds is 10. The zero-order valence-corrected chi connectivity index (χ0v) is 24.5. The summed E-state index contributed by atoms with van der Waals surface area (Å²) in [6, 6.07) is 17.4. The molecule has 0 radical (unpaired) electrons. The van der Waals surface area contributed by atoms with E-state index in [0.29, 0.717) is 17.0 Å². The quantitative estimate of drug-likeness (QED) is 0.347. The van der Waals surface area contributed by atoms with Crippen molar-refractivity contribution in [3.05, 3.63) is 89.0 Å². The molecule has 3 aromatic rings. The number of aryl methyl sites for hydroxylation is 1. The number of amides is 2. The molecule has 0 saturated heterocycles. The number of methoxy groups -OCH3 is 2. The Balaban J connectivity index is 1.58. The molecule has 2 N–H and O–H groups in total. The van der Waals surface area contributed by atoms with Crippen LogP contribution >= 0.6 is 0 Å². The van der Waals surface area contributed by atoms with Gasteiger partial charge < -0.3 is 19.7 Å². The number of likely N-dealkylation sites (N-methyl/N-ethyl adjacent to an activating group) is 2. The van der Waals surface area contributed by atoms with Crippen molar-refractivity contribution in [2.45, 2.75) is 36.6 Å². The summed E-state index contributed by atoms with van der Waals surface area (Å²) in [7, 11) is 2.24. The van der Waals surface area contributed by atoms with Crippen LogP contribution in [0.5, 0.6) is 11.5 Å². The van der Waals surface area contributed by atoms with Crippen LogP contribution in [0.1, 0.15) is 41.1 Å². The van der Waals surface area contributed by atoms with Gasteiger partial charge >= 0.3 is 0 Å². The molecule has 3 aromatic carbocycles. The van der Waals surface area contributed by atoms with E-state index < -0.39 is 10.0 Å². The van der Waals surface area contributed by atoms with Gasteiger partial charge in [0.25, 0.3) is 10.0 Å². The maximum absolute atomic E-state index is 13.5. The first kappa shape index (κ1) is 29.7. The van der Waals surface area contributed by atoms with Crippen molar-refractivity contribution in [3.63, 3.8) is 0 Å². The summed E-state index contributed by atoms with van der Waals surface area (Å²) in [6.45, 7) is 0. The van der Waals surface area contributed by atoms with Crippen LogP contribution in [0.3, 0.4) is 0 Å². The number of anilines is 1. The first-order chi connectivity index (χ1) is 19.6. The van der Waals surface area contributed by atoms with Crippen molar-refractivity contribution in [3.8, 4) is 11.5 Å². The third kappa shape index (κ3) is 7.07. The fourth-order valence-corrected chi connectivity index (χ4v) is 6.22. The van der Waals surface area contributed by atoms with E-state index in [0.717, 1.165) is 36.0 Å². The molecule has 41 heavy (non-hydrogen) atoms. The van der Waals surface area contributed by atoms with E-state index in [9.17, 15) is 18.0 Å². The average Bonchev–Trinajstić information content (AvgIpc) is 2.98. The second-order valence-corrected chi connectivity index (χ2v) is 11.5. The highest BCUT2D eigenvalue weighted by atomic mass is 32.2. The topological polar surface area (TPSA) is 114 Å². The van der Waals surface area contributed by atoms with Gasteiger partial charge in [0, 0.05) is 25.9 Å². The zero-order chi connectivity index (χ0) is 29.6. The first-order valence-electron chi connectivity index (χ1n) is 13.3. The molecule has 0 fully saturated rings. The van der Waals surface area contributed by atoms with E-state index in [1.54, 1.807) is 37.3 Å². The van der Waals surface area contributed by atoms with Gasteiger partial charge in [0.05, 0.1) is 26.7 Å². The SMILES string of the molecule is CNC(=O)/C=C/c1ccc(OC)c(S(=O)(=O)Nc2ccc3c(c2)C(N(C)C(=O)Cc2cccc(OC)c2)CCC3)c1. The predicted molar refractivity (Wildman–Crippen MR) is 158 cm³/mol. The van der Waals surface area contributed by atoms with Gasteiger partial charge in [0.1, 0.15) is 16.4 Å². The van der Waals surface area contributed by atoms with Crippen LogP contribution in [0.15, 0.2) is 71.6 Å². The number of hydrogen-bond donors (Lipinski definition) is 2. The van der Waals surface area contributed by atoms with E-state index >= 15 is 0 Å². The molecular weight excluding hydrogens is 542 g/mol. The van der Waals surface area contributed by atoms with Gasteiger partial charge in [-0.05, 0) is 84.0 Å². The Kier molecular flexibility index (Phi) is 9.34. The molecule has 1 unspecified atom stereocenters. The number of carbonyl (C=O) groups is 2. The summed E-state index contributed by atoms with van der Waals surface area (Å²) in [5.74, 6) is 0.531. The minimum Gasteiger partial charge on any atom is -0.497 e. The van der Waals surface area contributed by atoms with E-state index in [-0.39, 0.29) is 34.9 Å². The fourth-order valence-electron chi connectivity index (χ4n) is 4.97. The van der Waals surface area contributed by atoms with Gasteiger partial charge in [-0.2, -0.15) is 0 Å². The fraction of sp³-hybridized carbons (Fsp3) is 0.290. The van der Waals surface area contributed by atoms with Gasteiger partial charge in [-0.1, -0.05) is 24.3 Å². The normalized spacial score (nSPS) is 14.7. The van der Waals surface area contributed by atoms with Crippen LogP contribution in [0, 0.1) is 0 Å². The number of hydrogen-bond acceptors (Lipinski definition) is 6. The molecule has 1 aliphatic carbocycles. The molecule has 0 aliphatic heterocycles. The summed E-state index contributed by atoms with van der Waals surface area (Å²) in [5.41, 5.74) is 3.78. The highest BCUT2D eigenvalue weighted by Gasteiger charge is 2.28. The summed E-state index contributed by atoms with van der Waals surface area (Å²) < 4.78 is 40.3. The van der Waals surface area contributed by atoms with Crippen molar-refractivity contribution in [2.75, 3.05) is 33.0 Å². The molecule has 216 valence electrons. The minimum atomic E-state index is -4.05. The lowest BCUT2D eigenvalue weighted by Crippen LogP contribution is -2.34. The Morgan fingerprint density at radius 3 is 2.59 bits per heavy atom. The van der Waals surface area contributed by atoms with Crippen LogP contribution in [0.4, 0.5) is 5.69 Å². The van der Waals surface area contributed by atoms with Crippen molar-refractivity contribution in [1.82, 2.24) is 10.2 Å². The van der Waals surface area contributed by atoms with Gasteiger partial charge in [-0.15, -0.1) is 0 Å². The smallest absolute Gasteiger partial charge is 0.265 e. The van der Waals surface area contributed by atoms with Crippen molar-refractivity contribution >= 4 is 33.6 Å². The molecule has 4 rings (SSSR count). The van der Waals surface area contributed by atoms with Crippen LogP contribution in [-0.4, -0.2) is 53.4 Å². The number of fused-ring (bicyclic) bond motifs is 1. The second kappa shape index (κ2) is 12.9. The van der Waals surface area contributed by atoms with Crippen LogP contribution in [0.25, 0.3) is 6.08 Å². The molecule has 0 saturated carbocycles. The highest BCUT2D eigenvalue weighted by molar-refractivity contribution is 7.92. The van der Waals surface area contributed by atoms with E-state index in [1.807, 2.05) is 36.4 Å². The van der Waals surface area contributed by atoms with E-state index in [4.69, 9.17) is 9.47 Å². The van der Waals surface area contributed by atoms with Gasteiger partial charge in [0.2, 0.25) is 11.8 Å². The molecule has 2 amide bonds. The third-order valence-electron chi connectivity index (χ3n) is 7.18. The Hall–Kier alpha value is -4.31. The maximum Gasteiger partial charge on any atom is 0.265 e. The molecule has 0 heterocycles. The Morgan fingerprint density at radius 1 is 1.05 bits per heavy atom. The number of nitrogens with zero attached hydrogens (tertiary/aromatic N) is 1. The maximum atomic E-state index is 13.5. The first-order valence-corrected chi connectivity index (χ1v) is 14.8. The van der Waals surface area contributed by atoms with Gasteiger partial charge in [-0.25, -0.2) is 8.42 Å². The number of nitrogens with one attached hydrogen (secondary N) is 2. The van der Waals surface area contributed by atoms with Crippen molar-refractivity contribution < 1.29 is 27.5 Å². The number of sulfonamides is 1. The van der Waals surface area contributed by atoms with Gasteiger partial charge in [-0.3, -0.25) is 14.3 Å². The molecule has 9 nitrogen and oxygen atoms in total. The van der Waals surface area contributed by atoms with E-state index in [1.165, 1.54) is 32.4 Å². The van der Waals surface area contributed by atoms with Crippen LogP contribution < -0.4 is 19.5 Å². The molecule has 0 aromatic heterocycles. The van der Waals surface area contributed by atoms with Crippen molar-refractivity contribution in [2.24, 2.45) is 0 Å².